The van der Waals surface area contributed by atoms with Crippen LogP contribution in [0.25, 0.3) is 22.4 Å². The van der Waals surface area contributed by atoms with Gasteiger partial charge in [0.15, 0.2) is 5.65 Å². The molecule has 0 spiro atoms. The van der Waals surface area contributed by atoms with E-state index in [1.54, 1.807) is 25.3 Å². The minimum atomic E-state index is -0.778. The third kappa shape index (κ3) is 2.06. The highest BCUT2D eigenvalue weighted by molar-refractivity contribution is 5.74. The fourth-order valence-corrected chi connectivity index (χ4v) is 1.90. The molecule has 0 aliphatic carbocycles. The van der Waals surface area contributed by atoms with Crippen LogP contribution in [0.4, 0.5) is 4.39 Å². The van der Waals surface area contributed by atoms with E-state index in [0.717, 1.165) is 0 Å². The first-order valence-electron chi connectivity index (χ1n) is 5.80. The number of hydrogen-bond acceptors (Lipinski definition) is 4. The number of benzene rings is 1. The van der Waals surface area contributed by atoms with Crippen molar-refractivity contribution in [1.82, 2.24) is 20.2 Å². The molecule has 2 heterocycles. The van der Waals surface area contributed by atoms with Gasteiger partial charge < -0.3 is 5.11 Å². The summed E-state index contributed by atoms with van der Waals surface area (Å²) in [4.78, 5) is 8.73. The summed E-state index contributed by atoms with van der Waals surface area (Å²) < 4.78 is 13.0. The minimum Gasteiger partial charge on any atom is -0.387 e. The molecule has 0 bridgehead atoms. The summed E-state index contributed by atoms with van der Waals surface area (Å²) in [5.74, 6) is -0.320. The van der Waals surface area contributed by atoms with Crippen molar-refractivity contribution in [2.24, 2.45) is 0 Å². The van der Waals surface area contributed by atoms with Crippen LogP contribution < -0.4 is 0 Å². The predicted molar refractivity (Wildman–Crippen MR) is 67.7 cm³/mol. The van der Waals surface area contributed by atoms with Crippen LogP contribution in [0.2, 0.25) is 0 Å². The third-order valence-electron chi connectivity index (χ3n) is 2.82. The maximum atomic E-state index is 13.0. The first-order chi connectivity index (χ1) is 9.15. The molecule has 5 nitrogen and oxygen atoms in total. The Morgan fingerprint density at radius 1 is 1.21 bits per heavy atom. The first kappa shape index (κ1) is 11.7. The van der Waals surface area contributed by atoms with Gasteiger partial charge in [0.05, 0.1) is 23.7 Å². The van der Waals surface area contributed by atoms with Crippen molar-refractivity contribution in [3.05, 3.63) is 42.0 Å². The van der Waals surface area contributed by atoms with Gasteiger partial charge in [0.25, 0.3) is 0 Å². The summed E-state index contributed by atoms with van der Waals surface area (Å²) in [7, 11) is 0. The molecule has 0 saturated carbocycles. The average molecular weight is 258 g/mol. The highest BCUT2D eigenvalue weighted by Crippen LogP contribution is 2.26. The van der Waals surface area contributed by atoms with Gasteiger partial charge in [0.1, 0.15) is 11.3 Å². The standard InChI is InChI=1S/C13H11FN4O/c1-7(19)11-12(8-2-4-9(14)5-3-8)16-10-6-15-18-13(10)17-11/h2-7,19H,1H3,(H,15,17,18). The van der Waals surface area contributed by atoms with Gasteiger partial charge in [0, 0.05) is 5.56 Å². The van der Waals surface area contributed by atoms with Gasteiger partial charge >= 0.3 is 0 Å². The molecule has 1 atom stereocenters. The Bertz CT molecular complexity index is 721. The molecule has 1 aromatic carbocycles. The summed E-state index contributed by atoms with van der Waals surface area (Å²) in [6, 6.07) is 5.92. The van der Waals surface area contributed by atoms with E-state index in [9.17, 15) is 9.50 Å². The average Bonchev–Trinajstić information content (AvgIpc) is 2.85. The van der Waals surface area contributed by atoms with Crippen molar-refractivity contribution in [2.75, 3.05) is 0 Å². The normalized spacial score (nSPS) is 12.8. The van der Waals surface area contributed by atoms with Gasteiger partial charge in [-0.3, -0.25) is 5.10 Å². The summed E-state index contributed by atoms with van der Waals surface area (Å²) in [6.45, 7) is 1.61. The second kappa shape index (κ2) is 4.40. The van der Waals surface area contributed by atoms with Crippen molar-refractivity contribution in [3.8, 4) is 11.3 Å². The number of aliphatic hydroxyl groups is 1. The van der Waals surface area contributed by atoms with Crippen molar-refractivity contribution in [2.45, 2.75) is 13.0 Å². The molecular weight excluding hydrogens is 247 g/mol. The van der Waals surface area contributed by atoms with Gasteiger partial charge in [-0.1, -0.05) is 0 Å². The fourth-order valence-electron chi connectivity index (χ4n) is 1.90. The quantitative estimate of drug-likeness (QED) is 0.739. The molecule has 0 aliphatic heterocycles. The lowest BCUT2D eigenvalue weighted by Crippen LogP contribution is -2.02. The zero-order chi connectivity index (χ0) is 13.4. The van der Waals surface area contributed by atoms with Crippen LogP contribution in [-0.2, 0) is 0 Å². The first-order valence-corrected chi connectivity index (χ1v) is 5.80. The Balaban J connectivity index is 2.25. The Kier molecular flexibility index (Phi) is 2.72. The van der Waals surface area contributed by atoms with E-state index in [-0.39, 0.29) is 5.82 Å². The lowest BCUT2D eigenvalue weighted by molar-refractivity contribution is 0.195. The summed E-state index contributed by atoms with van der Waals surface area (Å²) >= 11 is 0. The number of rotatable bonds is 2. The van der Waals surface area contributed by atoms with Crippen molar-refractivity contribution >= 4 is 11.2 Å². The zero-order valence-electron chi connectivity index (χ0n) is 10.1. The Morgan fingerprint density at radius 3 is 2.63 bits per heavy atom. The van der Waals surface area contributed by atoms with Crippen LogP contribution in [0, 0.1) is 5.82 Å². The summed E-state index contributed by atoms with van der Waals surface area (Å²) in [6.07, 6.45) is 0.779. The number of nitrogens with zero attached hydrogens (tertiary/aromatic N) is 3. The molecule has 2 N–H and O–H groups in total. The van der Waals surface area contributed by atoms with Crippen LogP contribution in [0.3, 0.4) is 0 Å². The van der Waals surface area contributed by atoms with Crippen molar-refractivity contribution in [1.29, 1.82) is 0 Å². The number of fused-ring (bicyclic) bond motifs is 1. The molecule has 0 radical (unpaired) electrons. The zero-order valence-corrected chi connectivity index (χ0v) is 10.1. The highest BCUT2D eigenvalue weighted by atomic mass is 19.1. The van der Waals surface area contributed by atoms with E-state index < -0.39 is 6.10 Å². The number of aliphatic hydroxyl groups excluding tert-OH is 1. The van der Waals surface area contributed by atoms with Gasteiger partial charge in [-0.25, -0.2) is 14.4 Å². The number of halogens is 1. The van der Waals surface area contributed by atoms with Crippen LogP contribution in [-0.4, -0.2) is 25.3 Å². The maximum absolute atomic E-state index is 13.0. The van der Waals surface area contributed by atoms with Gasteiger partial charge in [-0.05, 0) is 31.2 Å². The SMILES string of the molecule is CC(O)c1nc2[nH]ncc2nc1-c1ccc(F)cc1. The molecule has 19 heavy (non-hydrogen) atoms. The van der Waals surface area contributed by atoms with Gasteiger partial charge in [0.2, 0.25) is 0 Å². The highest BCUT2D eigenvalue weighted by Gasteiger charge is 2.15. The number of aromatic amines is 1. The largest absolute Gasteiger partial charge is 0.387 e. The van der Waals surface area contributed by atoms with Gasteiger partial charge in [-0.2, -0.15) is 5.10 Å². The van der Waals surface area contributed by atoms with Crippen molar-refractivity contribution < 1.29 is 9.50 Å². The van der Waals surface area contributed by atoms with Crippen LogP contribution in [0.15, 0.2) is 30.5 Å². The molecule has 3 aromatic rings. The second-order valence-corrected chi connectivity index (χ2v) is 4.24. The van der Waals surface area contributed by atoms with Crippen LogP contribution in [0.5, 0.6) is 0 Å². The molecule has 1 unspecified atom stereocenters. The maximum Gasteiger partial charge on any atom is 0.174 e. The summed E-state index contributed by atoms with van der Waals surface area (Å²) in [5, 5.41) is 16.4. The van der Waals surface area contributed by atoms with Crippen LogP contribution in [0.1, 0.15) is 18.7 Å². The molecule has 6 heteroatoms. The Labute approximate surface area is 108 Å². The summed E-state index contributed by atoms with van der Waals surface area (Å²) in [5.41, 5.74) is 2.78. The van der Waals surface area contributed by atoms with E-state index in [1.807, 2.05) is 0 Å². The molecule has 2 aromatic heterocycles. The number of aromatic nitrogens is 4. The Morgan fingerprint density at radius 2 is 1.95 bits per heavy atom. The minimum absolute atomic E-state index is 0.320. The lowest BCUT2D eigenvalue weighted by atomic mass is 10.1. The van der Waals surface area contributed by atoms with E-state index in [1.165, 1.54) is 12.1 Å². The molecule has 96 valence electrons. The number of H-pyrrole nitrogens is 1. The number of hydrogen-bond donors (Lipinski definition) is 2. The molecule has 0 aliphatic rings. The van der Waals surface area contributed by atoms with E-state index in [4.69, 9.17) is 0 Å². The topological polar surface area (TPSA) is 74.7 Å². The number of nitrogens with one attached hydrogen (secondary N) is 1. The van der Waals surface area contributed by atoms with Gasteiger partial charge in [-0.15, -0.1) is 0 Å². The molecular formula is C13H11FN4O. The second-order valence-electron chi connectivity index (χ2n) is 4.24. The van der Waals surface area contributed by atoms with Crippen LogP contribution >= 0.6 is 0 Å². The van der Waals surface area contributed by atoms with E-state index in [0.29, 0.717) is 28.1 Å². The van der Waals surface area contributed by atoms with Crippen molar-refractivity contribution in [3.63, 3.8) is 0 Å². The smallest absolute Gasteiger partial charge is 0.174 e. The molecule has 0 amide bonds. The van der Waals surface area contributed by atoms with E-state index in [2.05, 4.69) is 20.2 Å². The Hall–Kier alpha value is -2.34. The molecule has 3 rings (SSSR count). The predicted octanol–water partition coefficient (Wildman–Crippen LogP) is 2.21. The monoisotopic (exact) mass is 258 g/mol. The third-order valence-corrected chi connectivity index (χ3v) is 2.82. The van der Waals surface area contributed by atoms with E-state index >= 15 is 0 Å². The fraction of sp³-hybridized carbons (Fsp3) is 0.154. The molecule has 0 fully saturated rings. The lowest BCUT2D eigenvalue weighted by Gasteiger charge is -2.10. The molecule has 0 saturated heterocycles.